The molecule has 264 valence electrons. The molecule has 5 aliphatic carbocycles. The number of aromatic nitrogens is 5. The van der Waals surface area contributed by atoms with Crippen molar-refractivity contribution in [3.63, 3.8) is 0 Å². The van der Waals surface area contributed by atoms with Crippen LogP contribution in [0.15, 0.2) is 17.1 Å². The first-order chi connectivity index (χ1) is 24.2. The van der Waals surface area contributed by atoms with Crippen LogP contribution >= 0.6 is 0 Å². The Labute approximate surface area is 287 Å². The molecule has 2 amide bonds. The first-order valence-corrected chi connectivity index (χ1v) is 17.8. The van der Waals surface area contributed by atoms with Crippen LogP contribution in [-0.2, 0) is 22.5 Å². The van der Waals surface area contributed by atoms with Crippen molar-refractivity contribution in [3.05, 3.63) is 39.6 Å². The van der Waals surface area contributed by atoms with Crippen molar-refractivity contribution in [2.24, 2.45) is 11.3 Å². The summed E-state index contributed by atoms with van der Waals surface area (Å²) in [5.74, 6) is -1.74. The summed E-state index contributed by atoms with van der Waals surface area (Å²) in [4.78, 5) is 50.9. The molecule has 15 heteroatoms. The number of halogens is 1. The summed E-state index contributed by atoms with van der Waals surface area (Å²) in [6.07, 6.45) is 10.9. The number of nitrogens with zero attached hydrogens (tertiary/aromatic N) is 7. The Morgan fingerprint density at radius 1 is 1.14 bits per heavy atom. The predicted octanol–water partition coefficient (Wildman–Crippen LogP) is 2.61. The highest BCUT2D eigenvalue weighted by Crippen LogP contribution is 2.75. The molecule has 10 rings (SSSR count). The Balaban J connectivity index is 1.06. The van der Waals surface area contributed by atoms with Crippen molar-refractivity contribution >= 4 is 34.4 Å². The smallest absolute Gasteiger partial charge is 0.261 e. The molecule has 2 aliphatic heterocycles. The molecule has 5 heterocycles. The van der Waals surface area contributed by atoms with Crippen LogP contribution in [0.1, 0.15) is 74.3 Å². The second kappa shape index (κ2) is 11.2. The van der Waals surface area contributed by atoms with E-state index in [2.05, 4.69) is 10.3 Å². The molecule has 50 heavy (non-hydrogen) atoms. The summed E-state index contributed by atoms with van der Waals surface area (Å²) in [5.41, 5.74) is 2.09. The zero-order valence-electron chi connectivity index (χ0n) is 28.3. The van der Waals surface area contributed by atoms with Gasteiger partial charge in [0.1, 0.15) is 17.8 Å². The third-order valence-electron chi connectivity index (χ3n) is 12.1. The molecule has 2 N–H and O–H groups in total. The fraction of sp³-hybridized carbons (Fsp3) is 0.600. The SMILES string of the molecule is CCc1c(N2CCN(C(=O)c3c(F)cnc(OC)c3O)[C@H]3CC[C@@H]32)c(=O)c2nn(C3=CCOCC3)nc2n1CC(=O)NC12CC(C3CC3)(C1)C2. The molecular formula is C35H41FN8O6. The molecule has 0 radical (unpaired) electrons. The molecule has 0 spiro atoms. The van der Waals surface area contributed by atoms with Gasteiger partial charge in [-0.05, 0) is 68.8 Å². The summed E-state index contributed by atoms with van der Waals surface area (Å²) in [5, 5.41) is 23.5. The molecule has 2 atom stereocenters. The number of carbonyl (C=O) groups is 2. The summed E-state index contributed by atoms with van der Waals surface area (Å²) in [6, 6.07) is -0.552. The molecule has 6 fully saturated rings. The number of aromatic hydroxyl groups is 1. The lowest BCUT2D eigenvalue weighted by molar-refractivity contribution is -0.176. The number of hydrogen-bond donors (Lipinski definition) is 2. The minimum atomic E-state index is -0.934. The third-order valence-corrected chi connectivity index (χ3v) is 12.1. The van der Waals surface area contributed by atoms with E-state index in [1.54, 1.807) is 4.90 Å². The van der Waals surface area contributed by atoms with E-state index < -0.39 is 23.0 Å². The van der Waals surface area contributed by atoms with Crippen LogP contribution in [0.2, 0.25) is 0 Å². The summed E-state index contributed by atoms with van der Waals surface area (Å²) in [6.45, 7) is 3.39. The molecule has 5 saturated carbocycles. The van der Waals surface area contributed by atoms with Gasteiger partial charge in [-0.2, -0.15) is 4.80 Å². The van der Waals surface area contributed by atoms with Crippen LogP contribution in [0.25, 0.3) is 16.9 Å². The molecule has 14 nitrogen and oxygen atoms in total. The molecule has 1 saturated heterocycles. The largest absolute Gasteiger partial charge is 0.502 e. The van der Waals surface area contributed by atoms with Crippen molar-refractivity contribution in [1.82, 2.24) is 34.8 Å². The van der Waals surface area contributed by atoms with E-state index in [-0.39, 0.29) is 53.4 Å². The van der Waals surface area contributed by atoms with Crippen LogP contribution in [0.3, 0.4) is 0 Å². The summed E-state index contributed by atoms with van der Waals surface area (Å²) < 4.78 is 27.3. The van der Waals surface area contributed by atoms with Gasteiger partial charge in [0.15, 0.2) is 22.7 Å². The minimum absolute atomic E-state index is 0.000952. The van der Waals surface area contributed by atoms with Gasteiger partial charge in [-0.15, -0.1) is 10.2 Å². The monoisotopic (exact) mass is 688 g/mol. The highest BCUT2D eigenvalue weighted by atomic mass is 19.1. The zero-order chi connectivity index (χ0) is 34.5. The first-order valence-electron chi connectivity index (χ1n) is 17.8. The van der Waals surface area contributed by atoms with Gasteiger partial charge in [-0.25, -0.2) is 9.37 Å². The average molecular weight is 689 g/mol. The van der Waals surface area contributed by atoms with Gasteiger partial charge in [0.25, 0.3) is 11.8 Å². The van der Waals surface area contributed by atoms with Gasteiger partial charge < -0.3 is 34.3 Å². The number of nitrogens with one attached hydrogen (secondary N) is 1. The van der Waals surface area contributed by atoms with Crippen LogP contribution in [-0.4, -0.2) is 97.4 Å². The number of pyridine rings is 2. The lowest BCUT2D eigenvalue weighted by Crippen LogP contribution is -2.75. The lowest BCUT2D eigenvalue weighted by Gasteiger charge is -2.71. The Bertz CT molecular complexity index is 2020. The molecule has 3 aromatic heterocycles. The van der Waals surface area contributed by atoms with Crippen molar-refractivity contribution in [2.75, 3.05) is 38.3 Å². The maximum atomic E-state index is 14.9. The number of fused-ring (bicyclic) bond motifs is 2. The van der Waals surface area contributed by atoms with Gasteiger partial charge in [0, 0.05) is 36.8 Å². The standard InChI is InChI=1S/C35H41FN8O6/c1-3-22-28(41-10-11-42(24-7-6-23(24)41)33(48)26-21(36)14-37-32(49-2)29(26)46)30(47)27-31(40-44(39-27)20-8-12-50-13-9-20)43(22)15-25(45)38-35-16-34(17-35,18-35)19-4-5-19/h8,14,19,23-24,46H,3-7,9-13,15-18H2,1-2H3,(H,38,45)/t23-,24-,34?,35?/m0/s1. The number of amides is 2. The Kier molecular flexibility index (Phi) is 7.07. The number of carbonyl (C=O) groups excluding carboxylic acids is 2. The van der Waals surface area contributed by atoms with E-state index in [0.29, 0.717) is 67.9 Å². The predicted molar refractivity (Wildman–Crippen MR) is 178 cm³/mol. The number of anilines is 1. The maximum Gasteiger partial charge on any atom is 0.261 e. The third kappa shape index (κ3) is 4.61. The van der Waals surface area contributed by atoms with E-state index in [1.807, 2.05) is 22.5 Å². The Morgan fingerprint density at radius 2 is 1.92 bits per heavy atom. The number of methoxy groups -OCH3 is 1. The number of rotatable bonds is 9. The Morgan fingerprint density at radius 3 is 2.58 bits per heavy atom. The van der Waals surface area contributed by atoms with Crippen molar-refractivity contribution in [3.8, 4) is 11.6 Å². The molecule has 0 aromatic carbocycles. The van der Waals surface area contributed by atoms with Crippen LogP contribution < -0.4 is 20.4 Å². The molecule has 7 aliphatic rings. The van der Waals surface area contributed by atoms with Gasteiger partial charge in [0.2, 0.25) is 11.3 Å². The Hall–Kier alpha value is -4.53. The number of piperazine rings is 1. The fourth-order valence-electron chi connectivity index (χ4n) is 9.61. The highest BCUT2D eigenvalue weighted by molar-refractivity contribution is 5.98. The van der Waals surface area contributed by atoms with E-state index in [0.717, 1.165) is 37.1 Å². The second-order valence-electron chi connectivity index (χ2n) is 15.0. The second-order valence-corrected chi connectivity index (χ2v) is 15.0. The van der Waals surface area contributed by atoms with Gasteiger partial charge in [-0.3, -0.25) is 14.4 Å². The van der Waals surface area contributed by atoms with Gasteiger partial charge >= 0.3 is 0 Å². The first kappa shape index (κ1) is 31.5. The van der Waals surface area contributed by atoms with E-state index >= 15 is 0 Å². The van der Waals surface area contributed by atoms with E-state index in [1.165, 1.54) is 24.7 Å². The zero-order valence-corrected chi connectivity index (χ0v) is 28.3. The highest BCUT2D eigenvalue weighted by Gasteiger charge is 2.72. The van der Waals surface area contributed by atoms with Crippen LogP contribution in [0, 0.1) is 17.2 Å². The minimum Gasteiger partial charge on any atom is -0.502 e. The fourth-order valence-corrected chi connectivity index (χ4v) is 9.61. The summed E-state index contributed by atoms with van der Waals surface area (Å²) >= 11 is 0. The normalized spacial score (nSPS) is 28.3. The topological polar surface area (TPSA) is 157 Å². The lowest BCUT2D eigenvalue weighted by atomic mass is 9.37. The molecular weight excluding hydrogens is 647 g/mol. The van der Waals surface area contributed by atoms with E-state index in [4.69, 9.17) is 19.7 Å². The van der Waals surface area contributed by atoms with Gasteiger partial charge in [-0.1, -0.05) is 6.92 Å². The maximum absolute atomic E-state index is 14.9. The van der Waals surface area contributed by atoms with Gasteiger partial charge in [0.05, 0.1) is 38.3 Å². The molecule has 3 aromatic rings. The number of hydrogen-bond acceptors (Lipinski definition) is 10. The number of ether oxygens (including phenoxy) is 2. The molecule has 2 bridgehead atoms. The molecule has 0 unspecified atom stereocenters. The van der Waals surface area contributed by atoms with Crippen molar-refractivity contribution in [1.29, 1.82) is 0 Å². The van der Waals surface area contributed by atoms with Crippen LogP contribution in [0.5, 0.6) is 11.6 Å². The quantitative estimate of drug-likeness (QED) is 0.343. The van der Waals surface area contributed by atoms with Crippen molar-refractivity contribution < 1.29 is 28.6 Å². The van der Waals surface area contributed by atoms with Crippen molar-refractivity contribution in [2.45, 2.75) is 88.9 Å². The van der Waals surface area contributed by atoms with E-state index in [9.17, 15) is 23.9 Å². The van der Waals surface area contributed by atoms with Crippen LogP contribution in [0.4, 0.5) is 10.1 Å². The average Bonchev–Trinajstić information content (AvgIpc) is 3.80. The summed E-state index contributed by atoms with van der Waals surface area (Å²) in [7, 11) is 1.28.